The highest BCUT2D eigenvalue weighted by Gasteiger charge is 2.25. The van der Waals surface area contributed by atoms with Gasteiger partial charge in [0, 0.05) is 6.61 Å². The highest BCUT2D eigenvalue weighted by atomic mass is 16.5. The second kappa shape index (κ2) is 8.48. The van der Waals surface area contributed by atoms with Crippen molar-refractivity contribution in [1.29, 1.82) is 0 Å². The molecule has 1 fully saturated rings. The minimum atomic E-state index is -0.225. The smallest absolute Gasteiger partial charge is 0.323 e. The van der Waals surface area contributed by atoms with Crippen LogP contribution in [0.15, 0.2) is 0 Å². The van der Waals surface area contributed by atoms with Crippen molar-refractivity contribution in [2.45, 2.75) is 64.5 Å². The van der Waals surface area contributed by atoms with Crippen LogP contribution in [0.3, 0.4) is 0 Å². The molecule has 0 bridgehead atoms. The molecule has 106 valence electrons. The average molecular weight is 257 g/mol. The van der Waals surface area contributed by atoms with Gasteiger partial charge in [-0.05, 0) is 51.0 Å². The Kier molecular flexibility index (Phi) is 7.28. The second-order valence-corrected chi connectivity index (χ2v) is 5.56. The van der Waals surface area contributed by atoms with Crippen LogP contribution in [0.4, 0.5) is 0 Å². The van der Waals surface area contributed by atoms with Crippen LogP contribution < -0.4 is 5.32 Å². The van der Waals surface area contributed by atoms with Crippen LogP contribution in [0.25, 0.3) is 0 Å². The van der Waals surface area contributed by atoms with Crippen LogP contribution in [-0.4, -0.2) is 36.4 Å². The van der Waals surface area contributed by atoms with E-state index in [0.29, 0.717) is 18.9 Å². The van der Waals surface area contributed by atoms with Crippen molar-refractivity contribution in [2.75, 3.05) is 13.2 Å². The number of carbonyl (C=O) groups excluding carboxylic acids is 1. The van der Waals surface area contributed by atoms with E-state index in [1.165, 1.54) is 12.8 Å². The number of esters is 1. The quantitative estimate of drug-likeness (QED) is 0.515. The summed E-state index contributed by atoms with van der Waals surface area (Å²) in [5.41, 5.74) is 0. The molecule has 0 aliphatic heterocycles. The molecular weight excluding hydrogens is 230 g/mol. The fraction of sp³-hybridized carbons (Fsp3) is 0.929. The Hall–Kier alpha value is -0.610. The Morgan fingerprint density at radius 2 is 2.06 bits per heavy atom. The molecule has 0 heterocycles. The van der Waals surface area contributed by atoms with Gasteiger partial charge in [0.25, 0.3) is 0 Å². The molecule has 0 aromatic rings. The Bertz CT molecular complexity index is 237. The van der Waals surface area contributed by atoms with Crippen molar-refractivity contribution in [3.8, 4) is 0 Å². The minimum Gasteiger partial charge on any atom is -0.461 e. The molecule has 4 heteroatoms. The highest BCUT2D eigenvalue weighted by Crippen LogP contribution is 2.22. The van der Waals surface area contributed by atoms with Crippen molar-refractivity contribution < 1.29 is 14.6 Å². The summed E-state index contributed by atoms with van der Waals surface area (Å²) in [6.45, 7) is 5.01. The number of rotatable bonds is 8. The van der Waals surface area contributed by atoms with Gasteiger partial charge in [-0.25, -0.2) is 0 Å². The third-order valence-electron chi connectivity index (χ3n) is 3.30. The van der Waals surface area contributed by atoms with Crippen LogP contribution in [0.1, 0.15) is 52.4 Å². The number of carbonyl (C=O) groups is 1. The van der Waals surface area contributed by atoms with Gasteiger partial charge in [0.2, 0.25) is 0 Å². The molecule has 18 heavy (non-hydrogen) atoms. The number of hydrogen-bond donors (Lipinski definition) is 2. The van der Waals surface area contributed by atoms with Gasteiger partial charge in [0.15, 0.2) is 0 Å². The first-order valence-electron chi connectivity index (χ1n) is 7.18. The van der Waals surface area contributed by atoms with E-state index in [0.717, 1.165) is 19.3 Å². The summed E-state index contributed by atoms with van der Waals surface area (Å²) in [5.74, 6) is 0.335. The third-order valence-corrected chi connectivity index (χ3v) is 3.30. The molecule has 0 unspecified atom stereocenters. The number of aliphatic hydroxyl groups is 1. The molecule has 0 aromatic carbocycles. The highest BCUT2D eigenvalue weighted by molar-refractivity contribution is 5.76. The third kappa shape index (κ3) is 5.83. The Morgan fingerprint density at radius 3 is 2.61 bits per heavy atom. The van der Waals surface area contributed by atoms with Crippen LogP contribution in [-0.2, 0) is 9.53 Å². The van der Waals surface area contributed by atoms with Crippen molar-refractivity contribution in [3.63, 3.8) is 0 Å². The molecule has 0 radical (unpaired) electrons. The normalized spacial score (nSPS) is 18.2. The lowest BCUT2D eigenvalue weighted by atomic mass is 10.0. The van der Waals surface area contributed by atoms with Gasteiger partial charge >= 0.3 is 5.97 Å². The molecule has 1 aliphatic rings. The lowest BCUT2D eigenvalue weighted by Gasteiger charge is -2.21. The molecule has 1 aliphatic carbocycles. The minimum absolute atomic E-state index is 0.117. The lowest BCUT2D eigenvalue weighted by Crippen LogP contribution is -2.41. The van der Waals surface area contributed by atoms with Gasteiger partial charge in [-0.1, -0.05) is 13.8 Å². The van der Waals surface area contributed by atoms with Gasteiger partial charge in [-0.2, -0.15) is 0 Å². The van der Waals surface area contributed by atoms with Crippen LogP contribution in [0, 0.1) is 5.92 Å². The van der Waals surface area contributed by atoms with Gasteiger partial charge < -0.3 is 15.2 Å². The summed E-state index contributed by atoms with van der Waals surface area (Å²) < 4.78 is 5.54. The van der Waals surface area contributed by atoms with Crippen molar-refractivity contribution in [2.24, 2.45) is 5.92 Å². The molecule has 4 nitrogen and oxygen atoms in total. The molecule has 1 saturated carbocycles. The maximum Gasteiger partial charge on any atom is 0.323 e. The number of hydrogen-bond acceptors (Lipinski definition) is 4. The Morgan fingerprint density at radius 1 is 1.39 bits per heavy atom. The van der Waals surface area contributed by atoms with Crippen molar-refractivity contribution in [1.82, 2.24) is 5.32 Å². The summed E-state index contributed by atoms with van der Waals surface area (Å²) in [4.78, 5) is 12.1. The molecule has 1 rings (SSSR count). The fourth-order valence-corrected chi connectivity index (χ4v) is 2.34. The zero-order chi connectivity index (χ0) is 13.4. The molecule has 0 saturated heterocycles. The van der Waals surface area contributed by atoms with Gasteiger partial charge in [0.05, 0.1) is 0 Å². The van der Waals surface area contributed by atoms with E-state index in [-0.39, 0.29) is 24.7 Å². The first kappa shape index (κ1) is 15.4. The van der Waals surface area contributed by atoms with E-state index >= 15 is 0 Å². The van der Waals surface area contributed by atoms with Crippen LogP contribution in [0.2, 0.25) is 0 Å². The van der Waals surface area contributed by atoms with E-state index in [2.05, 4.69) is 19.2 Å². The summed E-state index contributed by atoms with van der Waals surface area (Å²) in [6, 6.07) is -0.225. The van der Waals surface area contributed by atoms with Gasteiger partial charge in [0.1, 0.15) is 12.1 Å². The first-order chi connectivity index (χ1) is 8.63. The number of ether oxygens (including phenoxy) is 1. The fourth-order valence-electron chi connectivity index (χ4n) is 2.34. The van der Waals surface area contributed by atoms with E-state index in [9.17, 15) is 4.79 Å². The average Bonchev–Trinajstić information content (AvgIpc) is 2.80. The number of aliphatic hydroxyl groups excluding tert-OH is 1. The van der Waals surface area contributed by atoms with Gasteiger partial charge in [-0.15, -0.1) is 0 Å². The summed E-state index contributed by atoms with van der Waals surface area (Å²) >= 11 is 0. The van der Waals surface area contributed by atoms with E-state index in [4.69, 9.17) is 9.84 Å². The zero-order valence-electron chi connectivity index (χ0n) is 11.7. The zero-order valence-corrected chi connectivity index (χ0v) is 11.7. The van der Waals surface area contributed by atoms with E-state index in [1.54, 1.807) is 0 Å². The second-order valence-electron chi connectivity index (χ2n) is 5.56. The molecule has 0 amide bonds. The topological polar surface area (TPSA) is 58.6 Å². The standard InChI is InChI=1S/C14H27NO3/c1-11(2)10-13(15-8-5-9-16)14(17)18-12-6-3-4-7-12/h11-13,15-16H,3-10H2,1-2H3/t13-/m0/s1. The summed E-state index contributed by atoms with van der Waals surface area (Å²) in [5, 5.41) is 12.0. The predicted molar refractivity (Wildman–Crippen MR) is 71.3 cm³/mol. The summed E-state index contributed by atoms with van der Waals surface area (Å²) in [7, 11) is 0. The molecule has 0 aromatic heterocycles. The van der Waals surface area contributed by atoms with E-state index in [1.807, 2.05) is 0 Å². The Labute approximate surface area is 110 Å². The van der Waals surface area contributed by atoms with Crippen molar-refractivity contribution >= 4 is 5.97 Å². The van der Waals surface area contributed by atoms with Gasteiger partial charge in [-0.3, -0.25) is 4.79 Å². The monoisotopic (exact) mass is 257 g/mol. The van der Waals surface area contributed by atoms with Crippen LogP contribution in [0.5, 0.6) is 0 Å². The largest absolute Gasteiger partial charge is 0.461 e. The predicted octanol–water partition coefficient (Wildman–Crippen LogP) is 1.86. The molecule has 0 spiro atoms. The van der Waals surface area contributed by atoms with Crippen LogP contribution >= 0.6 is 0 Å². The maximum atomic E-state index is 12.1. The SMILES string of the molecule is CC(C)C[C@H](NCCCO)C(=O)OC1CCCC1. The molecule has 1 atom stereocenters. The number of nitrogens with one attached hydrogen (secondary N) is 1. The van der Waals surface area contributed by atoms with E-state index < -0.39 is 0 Å². The lowest BCUT2D eigenvalue weighted by molar-refractivity contribution is -0.151. The molecule has 2 N–H and O–H groups in total. The molecular formula is C14H27NO3. The Balaban J connectivity index is 2.38. The maximum absolute atomic E-state index is 12.1. The summed E-state index contributed by atoms with van der Waals surface area (Å²) in [6.07, 6.45) is 5.96. The van der Waals surface area contributed by atoms with Crippen molar-refractivity contribution in [3.05, 3.63) is 0 Å². The first-order valence-corrected chi connectivity index (χ1v) is 7.18.